The standard InChI is InChI=1S/C30H36O4/c1-7-22(24-13-11-23-12-14-25(29(32)33-6)18-26(23)17-24)10-8-21-9-15-27(20(2)16-21)34-19-28(31)30(3,4)5/h9,11-18,22H,7-8,10,19H2,1-6H3. The van der Waals surface area contributed by atoms with Crippen LogP contribution in [0.1, 0.15) is 73.5 Å². The number of ether oxygens (including phenoxy) is 2. The van der Waals surface area contributed by atoms with Crippen LogP contribution in [0.3, 0.4) is 0 Å². The van der Waals surface area contributed by atoms with Crippen molar-refractivity contribution in [2.24, 2.45) is 5.41 Å². The molecule has 0 aromatic heterocycles. The van der Waals surface area contributed by atoms with Crippen LogP contribution in [0.2, 0.25) is 0 Å². The number of rotatable bonds is 9. The van der Waals surface area contributed by atoms with Gasteiger partial charge < -0.3 is 9.47 Å². The van der Waals surface area contributed by atoms with Crippen LogP contribution in [0.15, 0.2) is 54.6 Å². The van der Waals surface area contributed by atoms with Crippen LogP contribution in [0.25, 0.3) is 10.8 Å². The maximum Gasteiger partial charge on any atom is 0.337 e. The molecule has 0 saturated heterocycles. The summed E-state index contributed by atoms with van der Waals surface area (Å²) in [6, 6.07) is 18.4. The summed E-state index contributed by atoms with van der Waals surface area (Å²) < 4.78 is 10.7. The minimum Gasteiger partial charge on any atom is -0.486 e. The van der Waals surface area contributed by atoms with Gasteiger partial charge in [-0.05, 0) is 77.8 Å². The Morgan fingerprint density at radius 2 is 1.68 bits per heavy atom. The Bertz CT molecular complexity index is 1170. The summed E-state index contributed by atoms with van der Waals surface area (Å²) in [5.41, 5.74) is 3.77. The molecule has 0 spiro atoms. The van der Waals surface area contributed by atoms with Crippen LogP contribution in [-0.4, -0.2) is 25.5 Å². The second kappa shape index (κ2) is 10.9. The largest absolute Gasteiger partial charge is 0.486 e. The van der Waals surface area contributed by atoms with E-state index in [9.17, 15) is 9.59 Å². The van der Waals surface area contributed by atoms with Crippen LogP contribution >= 0.6 is 0 Å². The van der Waals surface area contributed by atoms with Crippen LogP contribution < -0.4 is 4.74 Å². The fourth-order valence-corrected chi connectivity index (χ4v) is 4.10. The number of hydrogen-bond acceptors (Lipinski definition) is 4. The lowest BCUT2D eigenvalue weighted by molar-refractivity contribution is -0.128. The summed E-state index contributed by atoms with van der Waals surface area (Å²) in [6.07, 6.45) is 3.03. The Kier molecular flexibility index (Phi) is 8.14. The van der Waals surface area contributed by atoms with E-state index in [2.05, 4.69) is 37.3 Å². The second-order valence-corrected chi connectivity index (χ2v) is 10.0. The van der Waals surface area contributed by atoms with Crippen molar-refractivity contribution in [1.82, 2.24) is 0 Å². The van der Waals surface area contributed by atoms with Crippen molar-refractivity contribution in [1.29, 1.82) is 0 Å². The van der Waals surface area contributed by atoms with Crippen LogP contribution in [0.4, 0.5) is 0 Å². The van der Waals surface area contributed by atoms with E-state index < -0.39 is 5.41 Å². The van der Waals surface area contributed by atoms with Crippen molar-refractivity contribution in [2.45, 2.75) is 59.8 Å². The molecule has 0 aliphatic heterocycles. The molecule has 0 aliphatic rings. The number of ketones is 1. The van der Waals surface area contributed by atoms with Gasteiger partial charge in [0, 0.05) is 5.41 Å². The van der Waals surface area contributed by atoms with Crippen molar-refractivity contribution < 1.29 is 19.1 Å². The van der Waals surface area contributed by atoms with Gasteiger partial charge in [0.2, 0.25) is 0 Å². The minimum atomic E-state index is -0.396. The van der Waals surface area contributed by atoms with Crippen molar-refractivity contribution in [3.05, 3.63) is 76.9 Å². The number of carbonyl (C=O) groups excluding carboxylic acids is 2. The second-order valence-electron chi connectivity index (χ2n) is 10.0. The van der Waals surface area contributed by atoms with Gasteiger partial charge in [-0.1, -0.05) is 64.1 Å². The Morgan fingerprint density at radius 3 is 2.32 bits per heavy atom. The zero-order valence-corrected chi connectivity index (χ0v) is 21.2. The number of aryl methyl sites for hydroxylation is 2. The molecule has 4 heteroatoms. The first-order valence-electron chi connectivity index (χ1n) is 12.0. The molecular formula is C30H36O4. The van der Waals surface area contributed by atoms with E-state index in [0.717, 1.165) is 41.3 Å². The molecule has 1 unspecified atom stereocenters. The lowest BCUT2D eigenvalue weighted by Gasteiger charge is -2.18. The van der Waals surface area contributed by atoms with E-state index in [0.29, 0.717) is 11.5 Å². The lowest BCUT2D eigenvalue weighted by Crippen LogP contribution is -2.26. The Balaban J connectivity index is 1.69. The molecule has 0 radical (unpaired) electrons. The fourth-order valence-electron chi connectivity index (χ4n) is 4.10. The highest BCUT2D eigenvalue weighted by molar-refractivity contribution is 5.95. The van der Waals surface area contributed by atoms with Crippen LogP contribution in [-0.2, 0) is 16.0 Å². The van der Waals surface area contributed by atoms with Crippen LogP contribution in [0.5, 0.6) is 5.75 Å². The molecule has 0 heterocycles. The summed E-state index contributed by atoms with van der Waals surface area (Å²) in [5.74, 6) is 0.969. The Labute approximate surface area is 203 Å². The van der Waals surface area contributed by atoms with Gasteiger partial charge in [-0.3, -0.25) is 4.79 Å². The molecule has 3 rings (SSSR count). The fraction of sp³-hybridized carbons (Fsp3) is 0.400. The molecular weight excluding hydrogens is 424 g/mol. The number of esters is 1. The third kappa shape index (κ3) is 6.25. The van der Waals surface area contributed by atoms with E-state index in [1.165, 1.54) is 18.2 Å². The minimum absolute atomic E-state index is 0.0934. The van der Waals surface area contributed by atoms with Crippen LogP contribution in [0, 0.1) is 12.3 Å². The van der Waals surface area contributed by atoms with Gasteiger partial charge in [0.05, 0.1) is 12.7 Å². The number of hydrogen-bond donors (Lipinski definition) is 0. The van der Waals surface area contributed by atoms with E-state index in [1.807, 2.05) is 45.9 Å². The van der Waals surface area contributed by atoms with Gasteiger partial charge in [0.25, 0.3) is 0 Å². The Morgan fingerprint density at radius 1 is 0.941 bits per heavy atom. The maximum atomic E-state index is 12.2. The van der Waals surface area contributed by atoms with Gasteiger partial charge >= 0.3 is 5.97 Å². The summed E-state index contributed by atoms with van der Waals surface area (Å²) in [7, 11) is 1.40. The summed E-state index contributed by atoms with van der Waals surface area (Å²) in [4.78, 5) is 24.1. The summed E-state index contributed by atoms with van der Waals surface area (Å²) in [6.45, 7) is 10.1. The first-order chi connectivity index (χ1) is 16.1. The van der Waals surface area contributed by atoms with E-state index in [4.69, 9.17) is 9.47 Å². The molecule has 0 fully saturated rings. The molecule has 0 aliphatic carbocycles. The molecule has 180 valence electrons. The number of carbonyl (C=O) groups is 2. The maximum absolute atomic E-state index is 12.2. The quantitative estimate of drug-likeness (QED) is 0.321. The van der Waals surface area contributed by atoms with Crippen molar-refractivity contribution in [3.63, 3.8) is 0 Å². The number of methoxy groups -OCH3 is 1. The number of fused-ring (bicyclic) bond motifs is 1. The van der Waals surface area contributed by atoms with Crippen molar-refractivity contribution in [2.75, 3.05) is 13.7 Å². The molecule has 1 atom stereocenters. The molecule has 0 amide bonds. The number of Topliss-reactive ketones (excluding diaryl/α,β-unsaturated/α-hetero) is 1. The third-order valence-corrected chi connectivity index (χ3v) is 6.47. The number of benzene rings is 3. The topological polar surface area (TPSA) is 52.6 Å². The normalized spacial score (nSPS) is 12.4. The van der Waals surface area contributed by atoms with Gasteiger partial charge in [0.15, 0.2) is 5.78 Å². The first-order valence-corrected chi connectivity index (χ1v) is 12.0. The van der Waals surface area contributed by atoms with E-state index in [-0.39, 0.29) is 18.4 Å². The molecule has 34 heavy (non-hydrogen) atoms. The first kappa shape index (κ1) is 25.5. The predicted octanol–water partition coefficient (Wildman–Crippen LogP) is 7.06. The molecule has 0 bridgehead atoms. The molecule has 3 aromatic carbocycles. The zero-order valence-electron chi connectivity index (χ0n) is 21.2. The smallest absolute Gasteiger partial charge is 0.337 e. The van der Waals surface area contributed by atoms with E-state index >= 15 is 0 Å². The lowest BCUT2D eigenvalue weighted by atomic mass is 9.88. The summed E-state index contributed by atoms with van der Waals surface area (Å²) >= 11 is 0. The average molecular weight is 461 g/mol. The van der Waals surface area contributed by atoms with Gasteiger partial charge in [-0.25, -0.2) is 4.79 Å². The van der Waals surface area contributed by atoms with Gasteiger partial charge in [0.1, 0.15) is 12.4 Å². The van der Waals surface area contributed by atoms with Gasteiger partial charge in [-0.15, -0.1) is 0 Å². The van der Waals surface area contributed by atoms with E-state index in [1.54, 1.807) is 6.07 Å². The average Bonchev–Trinajstić information content (AvgIpc) is 2.82. The van der Waals surface area contributed by atoms with Crippen molar-refractivity contribution >= 4 is 22.5 Å². The predicted molar refractivity (Wildman–Crippen MR) is 138 cm³/mol. The monoisotopic (exact) mass is 460 g/mol. The SMILES string of the molecule is CCC(CCc1ccc(OCC(=O)C(C)(C)C)c(C)c1)c1ccc2ccc(C(=O)OC)cc2c1. The zero-order chi connectivity index (χ0) is 24.9. The Hall–Kier alpha value is -3.14. The van der Waals surface area contributed by atoms with Crippen molar-refractivity contribution in [3.8, 4) is 5.75 Å². The summed E-state index contributed by atoms with van der Waals surface area (Å²) in [5, 5.41) is 2.17. The molecule has 0 N–H and O–H groups in total. The molecule has 4 nitrogen and oxygen atoms in total. The molecule has 0 saturated carbocycles. The molecule has 3 aromatic rings. The highest BCUT2D eigenvalue weighted by atomic mass is 16.5. The van der Waals surface area contributed by atoms with Gasteiger partial charge in [-0.2, -0.15) is 0 Å². The highest BCUT2D eigenvalue weighted by Gasteiger charge is 2.21. The third-order valence-electron chi connectivity index (χ3n) is 6.47. The highest BCUT2D eigenvalue weighted by Crippen LogP contribution is 2.30.